The molecule has 0 aromatic heterocycles. The summed E-state index contributed by atoms with van der Waals surface area (Å²) in [6.07, 6.45) is 0.134. The Morgan fingerprint density at radius 1 is 1.17 bits per heavy atom. The van der Waals surface area contributed by atoms with Crippen molar-refractivity contribution in [2.45, 2.75) is 26.2 Å². The Kier molecular flexibility index (Phi) is 5.11. The number of phenols is 2. The van der Waals surface area contributed by atoms with E-state index < -0.39 is 11.9 Å². The Hall–Kier alpha value is -2.69. The minimum absolute atomic E-state index is 0.0602. The van der Waals surface area contributed by atoms with Gasteiger partial charge in [-0.3, -0.25) is 4.79 Å². The number of aliphatic carboxylic acids is 1. The van der Waals surface area contributed by atoms with E-state index in [0.717, 1.165) is 11.3 Å². The molecule has 2 rings (SSSR count). The molecule has 1 atom stereocenters. The highest BCUT2D eigenvalue weighted by atomic mass is 16.5. The van der Waals surface area contributed by atoms with Crippen molar-refractivity contribution in [3.05, 3.63) is 53.1 Å². The molecule has 5 heteroatoms. The Balaban J connectivity index is 2.31. The van der Waals surface area contributed by atoms with E-state index in [1.165, 1.54) is 18.2 Å². The summed E-state index contributed by atoms with van der Waals surface area (Å²) in [5, 5.41) is 28.7. The van der Waals surface area contributed by atoms with Crippen LogP contribution < -0.4 is 4.74 Å². The summed E-state index contributed by atoms with van der Waals surface area (Å²) in [5.74, 6) is -1.21. The number of hydrogen-bond donors (Lipinski definition) is 3. The van der Waals surface area contributed by atoms with Gasteiger partial charge in [-0.1, -0.05) is 18.2 Å². The molecule has 0 fully saturated rings. The second-order valence-electron chi connectivity index (χ2n) is 5.37. The predicted octanol–water partition coefficient (Wildman–Crippen LogP) is 3.22. The van der Waals surface area contributed by atoms with Gasteiger partial charge in [-0.05, 0) is 49.1 Å². The van der Waals surface area contributed by atoms with Crippen molar-refractivity contribution in [1.82, 2.24) is 0 Å². The van der Waals surface area contributed by atoms with E-state index in [-0.39, 0.29) is 17.9 Å². The molecule has 0 saturated carbocycles. The smallest absolute Gasteiger partial charge is 0.311 e. The molecule has 0 amide bonds. The highest BCUT2D eigenvalue weighted by Gasteiger charge is 2.22. The van der Waals surface area contributed by atoms with E-state index in [4.69, 9.17) is 4.74 Å². The van der Waals surface area contributed by atoms with Gasteiger partial charge in [0, 0.05) is 6.07 Å². The van der Waals surface area contributed by atoms with Crippen LogP contribution in [0.2, 0.25) is 0 Å². The first-order valence-corrected chi connectivity index (χ1v) is 7.39. The van der Waals surface area contributed by atoms with Crippen LogP contribution in [0.25, 0.3) is 0 Å². The van der Waals surface area contributed by atoms with Crippen LogP contribution in [0.4, 0.5) is 0 Å². The van der Waals surface area contributed by atoms with Gasteiger partial charge in [-0.25, -0.2) is 0 Å². The first-order chi connectivity index (χ1) is 10.9. The van der Waals surface area contributed by atoms with Crippen LogP contribution >= 0.6 is 0 Å². The fourth-order valence-electron chi connectivity index (χ4n) is 2.50. The van der Waals surface area contributed by atoms with Crippen molar-refractivity contribution in [3.63, 3.8) is 0 Å². The Morgan fingerprint density at radius 2 is 1.91 bits per heavy atom. The van der Waals surface area contributed by atoms with E-state index in [9.17, 15) is 20.1 Å². The highest BCUT2D eigenvalue weighted by molar-refractivity contribution is 5.77. The molecule has 1 unspecified atom stereocenters. The van der Waals surface area contributed by atoms with Gasteiger partial charge in [-0.2, -0.15) is 0 Å². The van der Waals surface area contributed by atoms with E-state index >= 15 is 0 Å². The number of carbonyl (C=O) groups is 1. The van der Waals surface area contributed by atoms with Crippen molar-refractivity contribution in [2.24, 2.45) is 0 Å². The molecule has 0 heterocycles. The van der Waals surface area contributed by atoms with Crippen molar-refractivity contribution in [1.29, 1.82) is 0 Å². The second kappa shape index (κ2) is 7.05. The fraction of sp³-hybridized carbons (Fsp3) is 0.278. The van der Waals surface area contributed by atoms with Crippen molar-refractivity contribution < 1.29 is 24.9 Å². The number of carboxylic acid groups (broad SMARTS) is 1. The molecular formula is C18H20O5. The molecule has 0 radical (unpaired) electrons. The minimum atomic E-state index is -0.971. The lowest BCUT2D eigenvalue weighted by molar-refractivity contribution is -0.138. The first-order valence-electron chi connectivity index (χ1n) is 7.39. The summed E-state index contributed by atoms with van der Waals surface area (Å²) < 4.78 is 5.47. The highest BCUT2D eigenvalue weighted by Crippen LogP contribution is 2.31. The number of aromatic hydroxyl groups is 2. The molecule has 0 aliphatic carbocycles. The van der Waals surface area contributed by atoms with Gasteiger partial charge >= 0.3 is 5.97 Å². The number of ether oxygens (including phenoxy) is 1. The van der Waals surface area contributed by atoms with Gasteiger partial charge in [0.1, 0.15) is 17.2 Å². The summed E-state index contributed by atoms with van der Waals surface area (Å²) in [4.78, 5) is 11.6. The van der Waals surface area contributed by atoms with Crippen molar-refractivity contribution in [2.75, 3.05) is 6.61 Å². The van der Waals surface area contributed by atoms with Crippen LogP contribution in [-0.4, -0.2) is 27.9 Å². The predicted molar refractivity (Wildman–Crippen MR) is 86.2 cm³/mol. The summed E-state index contributed by atoms with van der Waals surface area (Å²) in [6, 6.07) is 9.45. The molecule has 0 aliphatic heterocycles. The normalized spacial score (nSPS) is 11.9. The van der Waals surface area contributed by atoms with Crippen LogP contribution in [-0.2, 0) is 11.2 Å². The first kappa shape index (κ1) is 16.7. The fourth-order valence-corrected chi connectivity index (χ4v) is 2.50. The number of benzene rings is 2. The number of rotatable bonds is 6. The van der Waals surface area contributed by atoms with Crippen LogP contribution in [0, 0.1) is 6.92 Å². The quantitative estimate of drug-likeness (QED) is 0.761. The molecule has 122 valence electrons. The molecule has 5 nitrogen and oxygen atoms in total. The van der Waals surface area contributed by atoms with Gasteiger partial charge < -0.3 is 20.1 Å². The molecule has 2 aromatic rings. The standard InChI is InChI=1S/C18H20O5/c1-3-23-17-7-5-12(8-11(17)2)15(18(21)22)9-13-4-6-14(19)10-16(13)20/h4-8,10,15,19-20H,3,9H2,1-2H3,(H,21,22). The monoisotopic (exact) mass is 316 g/mol. The molecule has 2 aromatic carbocycles. The van der Waals surface area contributed by atoms with Crippen molar-refractivity contribution >= 4 is 5.97 Å². The largest absolute Gasteiger partial charge is 0.508 e. The third-order valence-electron chi connectivity index (χ3n) is 3.69. The molecule has 0 aliphatic rings. The Labute approximate surface area is 134 Å². The van der Waals surface area contributed by atoms with E-state index in [1.54, 1.807) is 18.2 Å². The summed E-state index contributed by atoms with van der Waals surface area (Å²) in [5.41, 5.74) is 1.98. The van der Waals surface area contributed by atoms with Crippen LogP contribution in [0.3, 0.4) is 0 Å². The topological polar surface area (TPSA) is 87.0 Å². The van der Waals surface area contributed by atoms with E-state index in [1.807, 2.05) is 13.8 Å². The van der Waals surface area contributed by atoms with Gasteiger partial charge in [0.15, 0.2) is 0 Å². The van der Waals surface area contributed by atoms with E-state index in [0.29, 0.717) is 17.7 Å². The zero-order chi connectivity index (χ0) is 17.0. The van der Waals surface area contributed by atoms with Gasteiger partial charge in [0.25, 0.3) is 0 Å². The lowest BCUT2D eigenvalue weighted by Crippen LogP contribution is -2.15. The van der Waals surface area contributed by atoms with Crippen LogP contribution in [0.15, 0.2) is 36.4 Å². The summed E-state index contributed by atoms with van der Waals surface area (Å²) in [6.45, 7) is 4.30. The van der Waals surface area contributed by atoms with E-state index in [2.05, 4.69) is 0 Å². The average Bonchev–Trinajstić information content (AvgIpc) is 2.48. The Bertz CT molecular complexity index is 709. The van der Waals surface area contributed by atoms with Crippen molar-refractivity contribution in [3.8, 4) is 17.2 Å². The number of carboxylic acids is 1. The SMILES string of the molecule is CCOc1ccc(C(Cc2ccc(O)cc2O)C(=O)O)cc1C. The zero-order valence-electron chi connectivity index (χ0n) is 13.1. The molecule has 23 heavy (non-hydrogen) atoms. The van der Waals surface area contributed by atoms with Gasteiger partial charge in [0.05, 0.1) is 12.5 Å². The Morgan fingerprint density at radius 3 is 2.48 bits per heavy atom. The number of phenolic OH excluding ortho intramolecular Hbond substituents is 2. The minimum Gasteiger partial charge on any atom is -0.508 e. The van der Waals surface area contributed by atoms with Gasteiger partial charge in [0.2, 0.25) is 0 Å². The maximum absolute atomic E-state index is 11.6. The lowest BCUT2D eigenvalue weighted by atomic mass is 9.90. The molecule has 0 bridgehead atoms. The molecule has 3 N–H and O–H groups in total. The third kappa shape index (κ3) is 3.94. The van der Waals surface area contributed by atoms with Crippen LogP contribution in [0.1, 0.15) is 29.5 Å². The maximum Gasteiger partial charge on any atom is 0.311 e. The second-order valence-corrected chi connectivity index (χ2v) is 5.37. The summed E-state index contributed by atoms with van der Waals surface area (Å²) in [7, 11) is 0. The summed E-state index contributed by atoms with van der Waals surface area (Å²) >= 11 is 0. The number of aryl methyl sites for hydroxylation is 1. The maximum atomic E-state index is 11.6. The zero-order valence-corrected chi connectivity index (χ0v) is 13.1. The lowest BCUT2D eigenvalue weighted by Gasteiger charge is -2.16. The molecule has 0 saturated heterocycles. The van der Waals surface area contributed by atoms with Crippen LogP contribution in [0.5, 0.6) is 17.2 Å². The third-order valence-corrected chi connectivity index (χ3v) is 3.69. The van der Waals surface area contributed by atoms with Gasteiger partial charge in [-0.15, -0.1) is 0 Å². The number of hydrogen-bond acceptors (Lipinski definition) is 4. The molecule has 0 spiro atoms. The average molecular weight is 316 g/mol. The molecular weight excluding hydrogens is 296 g/mol.